The van der Waals surface area contributed by atoms with Crippen LogP contribution in [0, 0.1) is 10.8 Å². The molecule has 6 heteroatoms. The van der Waals surface area contributed by atoms with Gasteiger partial charge in [-0.05, 0) is 62.2 Å². The molecule has 0 aromatic heterocycles. The maximum absolute atomic E-state index is 11.6. The van der Waals surface area contributed by atoms with Crippen molar-refractivity contribution in [1.82, 2.24) is 0 Å². The molecule has 0 aliphatic rings. The van der Waals surface area contributed by atoms with Crippen molar-refractivity contribution < 1.29 is 28.5 Å². The van der Waals surface area contributed by atoms with Crippen LogP contribution in [0.1, 0.15) is 79.1 Å². The summed E-state index contributed by atoms with van der Waals surface area (Å²) in [4.78, 5) is 21.7. The number of methoxy groups -OCH3 is 1. The maximum atomic E-state index is 11.6. The van der Waals surface area contributed by atoms with Crippen molar-refractivity contribution >= 4 is 12.6 Å². The van der Waals surface area contributed by atoms with Crippen molar-refractivity contribution in [3.05, 3.63) is 0 Å². The first-order valence-electron chi connectivity index (χ1n) is 10.1. The van der Waals surface area contributed by atoms with Crippen molar-refractivity contribution in [3.63, 3.8) is 0 Å². The third-order valence-corrected chi connectivity index (χ3v) is 4.82. The number of ether oxygens (including phenoxy) is 4. The Morgan fingerprint density at radius 1 is 0.741 bits per heavy atom. The standard InChI is InChI=1S/C21H40O6/c1-20(2,10-6-14-24-5)12-8-16-26-19(23)27-17-9-13-21(3,4)11-7-15-25-18-22/h18H,6-17H2,1-5H3. The van der Waals surface area contributed by atoms with Gasteiger partial charge in [-0.1, -0.05) is 27.7 Å². The van der Waals surface area contributed by atoms with Crippen molar-refractivity contribution in [2.24, 2.45) is 10.8 Å². The molecule has 0 N–H and O–H groups in total. The highest BCUT2D eigenvalue weighted by Gasteiger charge is 2.18. The van der Waals surface area contributed by atoms with E-state index in [1.807, 2.05) is 0 Å². The second-order valence-corrected chi connectivity index (χ2v) is 8.65. The van der Waals surface area contributed by atoms with Gasteiger partial charge in [0.1, 0.15) is 0 Å². The van der Waals surface area contributed by atoms with Crippen LogP contribution in [0.5, 0.6) is 0 Å². The molecular formula is C21H40O6. The molecule has 160 valence electrons. The van der Waals surface area contributed by atoms with E-state index < -0.39 is 6.16 Å². The van der Waals surface area contributed by atoms with Crippen LogP contribution >= 0.6 is 0 Å². The summed E-state index contributed by atoms with van der Waals surface area (Å²) in [7, 11) is 1.72. The number of carbonyl (C=O) groups is 2. The van der Waals surface area contributed by atoms with Crippen LogP contribution in [0.2, 0.25) is 0 Å². The van der Waals surface area contributed by atoms with Crippen LogP contribution < -0.4 is 0 Å². The van der Waals surface area contributed by atoms with Crippen LogP contribution in [0.15, 0.2) is 0 Å². The average Bonchev–Trinajstić information content (AvgIpc) is 2.60. The second-order valence-electron chi connectivity index (χ2n) is 8.65. The Labute approximate surface area is 165 Å². The summed E-state index contributed by atoms with van der Waals surface area (Å²) in [6, 6.07) is 0. The van der Waals surface area contributed by atoms with Gasteiger partial charge >= 0.3 is 6.16 Å². The van der Waals surface area contributed by atoms with E-state index in [-0.39, 0.29) is 10.8 Å². The summed E-state index contributed by atoms with van der Waals surface area (Å²) in [6.45, 7) is 11.3. The van der Waals surface area contributed by atoms with E-state index >= 15 is 0 Å². The fourth-order valence-electron chi connectivity index (χ4n) is 3.08. The molecular weight excluding hydrogens is 348 g/mol. The first-order valence-corrected chi connectivity index (χ1v) is 10.1. The molecule has 0 aromatic rings. The Bertz CT molecular complexity index is 392. The zero-order valence-electron chi connectivity index (χ0n) is 18.0. The molecule has 6 nitrogen and oxygen atoms in total. The lowest BCUT2D eigenvalue weighted by atomic mass is 9.83. The van der Waals surface area contributed by atoms with Crippen LogP contribution in [0.25, 0.3) is 0 Å². The molecule has 0 atom stereocenters. The summed E-state index contributed by atoms with van der Waals surface area (Å²) < 4.78 is 20.1. The van der Waals surface area contributed by atoms with E-state index in [1.165, 1.54) is 0 Å². The third kappa shape index (κ3) is 16.6. The highest BCUT2D eigenvalue weighted by atomic mass is 16.7. The normalized spacial score (nSPS) is 11.9. The molecule has 0 fully saturated rings. The topological polar surface area (TPSA) is 71.1 Å². The van der Waals surface area contributed by atoms with Crippen molar-refractivity contribution in [2.75, 3.05) is 33.5 Å². The van der Waals surface area contributed by atoms with Gasteiger partial charge in [0.2, 0.25) is 0 Å². The summed E-state index contributed by atoms with van der Waals surface area (Å²) in [6.07, 6.45) is 6.96. The molecule has 0 spiro atoms. The molecule has 0 radical (unpaired) electrons. The fraction of sp³-hybridized carbons (Fsp3) is 0.905. The van der Waals surface area contributed by atoms with Gasteiger partial charge in [-0.2, -0.15) is 0 Å². The van der Waals surface area contributed by atoms with E-state index in [1.54, 1.807) is 7.11 Å². The van der Waals surface area contributed by atoms with Gasteiger partial charge in [0, 0.05) is 13.7 Å². The van der Waals surface area contributed by atoms with Gasteiger partial charge in [-0.25, -0.2) is 4.79 Å². The quantitative estimate of drug-likeness (QED) is 0.195. The first-order chi connectivity index (χ1) is 12.7. The zero-order valence-corrected chi connectivity index (χ0v) is 18.0. The largest absolute Gasteiger partial charge is 0.508 e. The van der Waals surface area contributed by atoms with Crippen molar-refractivity contribution in [1.29, 1.82) is 0 Å². The van der Waals surface area contributed by atoms with Gasteiger partial charge in [0.05, 0.1) is 19.8 Å². The maximum Gasteiger partial charge on any atom is 0.508 e. The monoisotopic (exact) mass is 388 g/mol. The third-order valence-electron chi connectivity index (χ3n) is 4.82. The van der Waals surface area contributed by atoms with E-state index in [2.05, 4.69) is 27.7 Å². The Morgan fingerprint density at radius 2 is 1.15 bits per heavy atom. The second kappa shape index (κ2) is 14.7. The van der Waals surface area contributed by atoms with Crippen LogP contribution in [0.4, 0.5) is 4.79 Å². The fourth-order valence-corrected chi connectivity index (χ4v) is 3.08. The van der Waals surface area contributed by atoms with Crippen LogP contribution in [-0.2, 0) is 23.7 Å². The molecule has 0 aliphatic carbocycles. The first kappa shape index (κ1) is 25.7. The Balaban J connectivity index is 3.70. The van der Waals surface area contributed by atoms with E-state index in [0.29, 0.717) is 26.3 Å². The number of carbonyl (C=O) groups excluding carboxylic acids is 2. The molecule has 0 rings (SSSR count). The summed E-state index contributed by atoms with van der Waals surface area (Å²) in [5.41, 5.74) is 0.363. The SMILES string of the molecule is COCCCC(C)(C)CCCOC(=O)OCCCC(C)(C)CCCOC=O. The predicted octanol–water partition coefficient (Wildman–Crippen LogP) is 5.13. The Hall–Kier alpha value is -1.30. The number of hydrogen-bond acceptors (Lipinski definition) is 6. The van der Waals surface area contributed by atoms with E-state index in [0.717, 1.165) is 58.0 Å². The van der Waals surface area contributed by atoms with Crippen LogP contribution in [0.3, 0.4) is 0 Å². The smallest absolute Gasteiger partial charge is 0.468 e. The van der Waals surface area contributed by atoms with Gasteiger partial charge in [-0.15, -0.1) is 0 Å². The highest BCUT2D eigenvalue weighted by molar-refractivity contribution is 5.59. The van der Waals surface area contributed by atoms with Crippen LogP contribution in [-0.4, -0.2) is 46.2 Å². The van der Waals surface area contributed by atoms with Crippen molar-refractivity contribution in [2.45, 2.75) is 79.1 Å². The molecule has 27 heavy (non-hydrogen) atoms. The molecule has 0 amide bonds. The van der Waals surface area contributed by atoms with Crippen molar-refractivity contribution in [3.8, 4) is 0 Å². The predicted molar refractivity (Wildman–Crippen MR) is 106 cm³/mol. The Morgan fingerprint density at radius 3 is 1.56 bits per heavy atom. The molecule has 0 heterocycles. The lowest BCUT2D eigenvalue weighted by Crippen LogP contribution is -2.16. The highest BCUT2D eigenvalue weighted by Crippen LogP contribution is 2.29. The molecule has 0 saturated carbocycles. The van der Waals surface area contributed by atoms with Gasteiger partial charge in [0.25, 0.3) is 6.47 Å². The molecule has 0 unspecified atom stereocenters. The molecule has 0 bridgehead atoms. The number of hydrogen-bond donors (Lipinski definition) is 0. The molecule has 0 saturated heterocycles. The summed E-state index contributed by atoms with van der Waals surface area (Å²) >= 11 is 0. The average molecular weight is 389 g/mol. The molecule has 0 aromatic carbocycles. The zero-order chi connectivity index (χ0) is 20.6. The summed E-state index contributed by atoms with van der Waals surface area (Å²) in [5, 5.41) is 0. The van der Waals surface area contributed by atoms with Gasteiger partial charge in [-0.3, -0.25) is 4.79 Å². The number of rotatable bonds is 17. The van der Waals surface area contributed by atoms with E-state index in [4.69, 9.17) is 18.9 Å². The lowest BCUT2D eigenvalue weighted by Gasteiger charge is -2.24. The van der Waals surface area contributed by atoms with Gasteiger partial charge < -0.3 is 18.9 Å². The van der Waals surface area contributed by atoms with Gasteiger partial charge in [0.15, 0.2) is 0 Å². The minimum absolute atomic E-state index is 0.133. The summed E-state index contributed by atoms with van der Waals surface area (Å²) in [5.74, 6) is 0. The molecule has 0 aliphatic heterocycles. The van der Waals surface area contributed by atoms with E-state index in [9.17, 15) is 9.59 Å². The minimum Gasteiger partial charge on any atom is -0.468 e. The minimum atomic E-state index is -0.579. The Kier molecular flexibility index (Phi) is 14.0. The lowest BCUT2D eigenvalue weighted by molar-refractivity contribution is -0.128.